The number of nitrogens with one attached hydrogen (secondary N) is 1. The van der Waals surface area contributed by atoms with Gasteiger partial charge in [0, 0.05) is 12.8 Å². The fourth-order valence-electron chi connectivity index (χ4n) is 0.850. The Bertz CT molecular complexity index is 247. The van der Waals surface area contributed by atoms with Crippen LogP contribution in [0.5, 0.6) is 0 Å². The third-order valence-electron chi connectivity index (χ3n) is 1.33. The zero-order chi connectivity index (χ0) is 10.8. The Morgan fingerprint density at radius 1 is 1.29 bits per heavy atom. The van der Waals surface area contributed by atoms with Crippen LogP contribution in [0.2, 0.25) is 0 Å². The average molecular weight is 195 g/mol. The van der Waals surface area contributed by atoms with Crippen LogP contribution in [-0.4, -0.2) is 19.6 Å². The predicted molar refractivity (Wildman–Crippen MR) is 58.3 cm³/mol. The van der Waals surface area contributed by atoms with Gasteiger partial charge in [0.25, 0.3) is 0 Å². The third kappa shape index (κ3) is 5.32. The minimum atomic E-state index is -0.135. The molecule has 3 heteroatoms. The molecule has 0 heterocycles. The van der Waals surface area contributed by atoms with Crippen molar-refractivity contribution in [3.8, 4) is 0 Å². The highest BCUT2D eigenvalue weighted by molar-refractivity contribution is 5.91. The molecule has 1 aromatic rings. The quantitative estimate of drug-likeness (QED) is 0.803. The summed E-state index contributed by atoms with van der Waals surface area (Å²) in [6, 6.07) is 9.28. The molecule has 1 amide bonds. The summed E-state index contributed by atoms with van der Waals surface area (Å²) in [5.74, 6) is -0.135. The fraction of sp³-hybridized carbons (Fsp3) is 0.364. The zero-order valence-electron chi connectivity index (χ0n) is 8.91. The van der Waals surface area contributed by atoms with E-state index in [-0.39, 0.29) is 12.5 Å². The number of amides is 1. The second-order valence-electron chi connectivity index (χ2n) is 2.35. The molecule has 0 saturated heterocycles. The number of methoxy groups -OCH3 is 1. The van der Waals surface area contributed by atoms with Gasteiger partial charge in [-0.05, 0) is 12.1 Å². The van der Waals surface area contributed by atoms with E-state index in [0.29, 0.717) is 0 Å². The Hall–Kier alpha value is -1.35. The number of ether oxygens (including phenoxy) is 1. The molecule has 0 aliphatic heterocycles. The fourth-order valence-corrected chi connectivity index (χ4v) is 0.850. The molecule has 0 aliphatic carbocycles. The molecule has 1 aromatic carbocycles. The summed E-state index contributed by atoms with van der Waals surface area (Å²) in [6.07, 6.45) is 0. The molecule has 78 valence electrons. The normalized spacial score (nSPS) is 8.50. The summed E-state index contributed by atoms with van der Waals surface area (Å²) in [5, 5.41) is 2.68. The lowest BCUT2D eigenvalue weighted by molar-refractivity contribution is -0.119. The Labute approximate surface area is 85.1 Å². The van der Waals surface area contributed by atoms with Crippen LogP contribution >= 0.6 is 0 Å². The first-order valence-electron chi connectivity index (χ1n) is 4.67. The number of rotatable bonds is 3. The van der Waals surface area contributed by atoms with E-state index in [0.717, 1.165) is 5.69 Å². The van der Waals surface area contributed by atoms with Gasteiger partial charge in [-0.15, -0.1) is 0 Å². The highest BCUT2D eigenvalue weighted by Gasteiger charge is 1.98. The molecule has 0 fully saturated rings. The summed E-state index contributed by atoms with van der Waals surface area (Å²) in [6.45, 7) is 4.09. The van der Waals surface area contributed by atoms with Crippen molar-refractivity contribution in [1.29, 1.82) is 0 Å². The lowest BCUT2D eigenvalue weighted by Crippen LogP contribution is -2.16. The number of carbonyl (C=O) groups is 1. The molecule has 0 radical (unpaired) electrons. The smallest absolute Gasteiger partial charge is 0.250 e. The lowest BCUT2D eigenvalue weighted by atomic mass is 10.3. The summed E-state index contributed by atoms with van der Waals surface area (Å²) >= 11 is 0. The van der Waals surface area contributed by atoms with Crippen LogP contribution in [0, 0.1) is 0 Å². The van der Waals surface area contributed by atoms with E-state index < -0.39 is 0 Å². The Balaban J connectivity index is 0.000000791. The second-order valence-corrected chi connectivity index (χ2v) is 2.35. The van der Waals surface area contributed by atoms with Crippen LogP contribution in [0.3, 0.4) is 0 Å². The van der Waals surface area contributed by atoms with E-state index in [1.54, 1.807) is 0 Å². The van der Waals surface area contributed by atoms with Gasteiger partial charge in [-0.3, -0.25) is 4.79 Å². The molecule has 0 saturated carbocycles. The number of anilines is 1. The zero-order valence-corrected chi connectivity index (χ0v) is 8.91. The average Bonchev–Trinajstić information content (AvgIpc) is 2.22. The van der Waals surface area contributed by atoms with Gasteiger partial charge in [0.05, 0.1) is 0 Å². The maximum atomic E-state index is 11.0. The molecule has 3 nitrogen and oxygen atoms in total. The van der Waals surface area contributed by atoms with E-state index in [1.165, 1.54) is 7.11 Å². The standard InChI is InChI=1S/C9H11NO2.C2H6/c1-12-7-9(11)10-8-5-3-2-4-6-8;1-2/h2-6H,7H2,1H3,(H,10,11);1-2H3. The van der Waals surface area contributed by atoms with Gasteiger partial charge >= 0.3 is 0 Å². The molecule has 0 aromatic heterocycles. The summed E-state index contributed by atoms with van der Waals surface area (Å²) < 4.78 is 4.66. The molecule has 0 atom stereocenters. The number of benzene rings is 1. The molecule has 14 heavy (non-hydrogen) atoms. The van der Waals surface area contributed by atoms with E-state index in [2.05, 4.69) is 10.1 Å². The van der Waals surface area contributed by atoms with Crippen LogP contribution in [0.4, 0.5) is 5.69 Å². The Morgan fingerprint density at radius 3 is 2.36 bits per heavy atom. The second kappa shape index (κ2) is 8.26. The summed E-state index contributed by atoms with van der Waals surface area (Å²) in [5.41, 5.74) is 0.791. The van der Waals surface area contributed by atoms with Crippen molar-refractivity contribution in [3.63, 3.8) is 0 Å². The lowest BCUT2D eigenvalue weighted by Gasteiger charge is -2.02. The van der Waals surface area contributed by atoms with Crippen molar-refractivity contribution in [1.82, 2.24) is 0 Å². The van der Waals surface area contributed by atoms with E-state index >= 15 is 0 Å². The number of hydrogen-bond acceptors (Lipinski definition) is 2. The molecular formula is C11H17NO2. The highest BCUT2D eigenvalue weighted by atomic mass is 16.5. The molecule has 0 aliphatic rings. The van der Waals surface area contributed by atoms with Crippen molar-refractivity contribution in [2.75, 3.05) is 19.0 Å². The first-order chi connectivity index (χ1) is 6.83. The van der Waals surface area contributed by atoms with Crippen molar-refractivity contribution in [2.24, 2.45) is 0 Å². The van der Waals surface area contributed by atoms with E-state index in [4.69, 9.17) is 0 Å². The SMILES string of the molecule is CC.COCC(=O)Nc1ccccc1. The van der Waals surface area contributed by atoms with Gasteiger partial charge in [-0.25, -0.2) is 0 Å². The van der Waals surface area contributed by atoms with E-state index in [9.17, 15) is 4.79 Å². The van der Waals surface area contributed by atoms with Gasteiger partial charge in [0.1, 0.15) is 6.61 Å². The summed E-state index contributed by atoms with van der Waals surface area (Å²) in [7, 11) is 1.49. The van der Waals surface area contributed by atoms with Gasteiger partial charge in [0.15, 0.2) is 0 Å². The molecule has 1 N–H and O–H groups in total. The topological polar surface area (TPSA) is 38.3 Å². The van der Waals surface area contributed by atoms with Crippen LogP contribution < -0.4 is 5.32 Å². The van der Waals surface area contributed by atoms with Crippen LogP contribution in [0.1, 0.15) is 13.8 Å². The van der Waals surface area contributed by atoms with Gasteiger partial charge in [0.2, 0.25) is 5.91 Å². The summed E-state index contributed by atoms with van der Waals surface area (Å²) in [4.78, 5) is 11.0. The third-order valence-corrected chi connectivity index (χ3v) is 1.33. The maximum Gasteiger partial charge on any atom is 0.250 e. The van der Waals surface area contributed by atoms with Crippen molar-refractivity contribution in [3.05, 3.63) is 30.3 Å². The predicted octanol–water partition coefficient (Wildman–Crippen LogP) is 2.30. The molecule has 0 bridgehead atoms. The molecule has 0 spiro atoms. The largest absolute Gasteiger partial charge is 0.375 e. The van der Waals surface area contributed by atoms with Gasteiger partial charge in [-0.1, -0.05) is 32.0 Å². The first-order valence-corrected chi connectivity index (χ1v) is 4.67. The highest BCUT2D eigenvalue weighted by Crippen LogP contribution is 2.03. The molecular weight excluding hydrogens is 178 g/mol. The maximum absolute atomic E-state index is 11.0. The van der Waals surface area contributed by atoms with Crippen molar-refractivity contribution < 1.29 is 9.53 Å². The van der Waals surface area contributed by atoms with Crippen LogP contribution in [0.25, 0.3) is 0 Å². The molecule has 1 rings (SSSR count). The van der Waals surface area contributed by atoms with Crippen LogP contribution in [-0.2, 0) is 9.53 Å². The van der Waals surface area contributed by atoms with Gasteiger partial charge < -0.3 is 10.1 Å². The van der Waals surface area contributed by atoms with E-state index in [1.807, 2.05) is 44.2 Å². The minimum Gasteiger partial charge on any atom is -0.375 e. The number of para-hydroxylation sites is 1. The van der Waals surface area contributed by atoms with Gasteiger partial charge in [-0.2, -0.15) is 0 Å². The van der Waals surface area contributed by atoms with Crippen LogP contribution in [0.15, 0.2) is 30.3 Å². The first kappa shape index (κ1) is 12.7. The number of hydrogen-bond donors (Lipinski definition) is 1. The van der Waals surface area contributed by atoms with Crippen molar-refractivity contribution >= 4 is 11.6 Å². The van der Waals surface area contributed by atoms with Crippen molar-refractivity contribution in [2.45, 2.75) is 13.8 Å². The monoisotopic (exact) mass is 195 g/mol. The number of carbonyl (C=O) groups excluding carboxylic acids is 1. The Kier molecular flexibility index (Phi) is 7.46. The molecule has 0 unspecified atom stereocenters. The Morgan fingerprint density at radius 2 is 1.86 bits per heavy atom. The minimum absolute atomic E-state index is 0.0922.